The molecule has 0 saturated heterocycles. The minimum Gasteiger partial charge on any atom is -0.378 e. The Balaban J connectivity index is 3.09. The number of carbonyl (C=O) groups is 1. The monoisotopic (exact) mass is 298 g/mol. The first-order valence-electron chi connectivity index (χ1n) is 4.74. The molecular weight excluding hydrogens is 288 g/mol. The Kier molecular flexibility index (Phi) is 4.39. The van der Waals surface area contributed by atoms with Crippen molar-refractivity contribution in [2.45, 2.75) is 0 Å². The van der Waals surface area contributed by atoms with Crippen molar-refractivity contribution in [3.63, 3.8) is 0 Å². The molecule has 6 heteroatoms. The third kappa shape index (κ3) is 3.67. The van der Waals surface area contributed by atoms with E-state index in [4.69, 9.17) is 0 Å². The van der Waals surface area contributed by atoms with Gasteiger partial charge in [-0.2, -0.15) is 0 Å². The molecule has 0 unspecified atom stereocenters. The number of rotatable bonds is 4. The van der Waals surface area contributed by atoms with Crippen LogP contribution in [-0.4, -0.2) is 29.7 Å². The second-order valence-electron chi connectivity index (χ2n) is 3.57. The summed E-state index contributed by atoms with van der Waals surface area (Å²) in [7, 11) is 3.25. The molecule has 0 aliphatic heterocycles. The Morgan fingerprint density at radius 1 is 1.35 bits per heavy atom. The van der Waals surface area contributed by atoms with Gasteiger partial charge in [-0.3, -0.25) is 14.9 Å². The number of hydrogen-bond donors (Lipinski definition) is 0. The van der Waals surface area contributed by atoms with Crippen molar-refractivity contribution in [3.05, 3.63) is 56.3 Å². The molecule has 1 aromatic carbocycles. The van der Waals surface area contributed by atoms with E-state index in [-0.39, 0.29) is 5.56 Å². The van der Waals surface area contributed by atoms with Crippen LogP contribution in [0, 0.1) is 10.1 Å². The van der Waals surface area contributed by atoms with E-state index in [2.05, 4.69) is 15.9 Å². The van der Waals surface area contributed by atoms with E-state index in [0.29, 0.717) is 0 Å². The van der Waals surface area contributed by atoms with Gasteiger partial charge in [0.25, 0.3) is 5.78 Å². The highest BCUT2D eigenvalue weighted by atomic mass is 79.9. The summed E-state index contributed by atoms with van der Waals surface area (Å²) in [5, 5.41) is 10.8. The van der Waals surface area contributed by atoms with E-state index >= 15 is 0 Å². The van der Waals surface area contributed by atoms with Crippen LogP contribution < -0.4 is 0 Å². The van der Waals surface area contributed by atoms with Crippen molar-refractivity contribution in [1.29, 1.82) is 0 Å². The number of carbonyl (C=O) groups excluding carboxylic acids is 1. The molecule has 17 heavy (non-hydrogen) atoms. The summed E-state index contributed by atoms with van der Waals surface area (Å²) in [5.41, 5.74) is -0.157. The third-order valence-electron chi connectivity index (χ3n) is 1.92. The predicted molar refractivity (Wildman–Crippen MR) is 67.2 cm³/mol. The zero-order valence-corrected chi connectivity index (χ0v) is 11.0. The number of nitro groups is 1. The zero-order chi connectivity index (χ0) is 13.0. The molecule has 1 rings (SSSR count). The minimum atomic E-state index is -0.676. The van der Waals surface area contributed by atoms with Crippen LogP contribution in [0.5, 0.6) is 0 Å². The lowest BCUT2D eigenvalue weighted by molar-refractivity contribution is -0.417. The van der Waals surface area contributed by atoms with Crippen LogP contribution in [0.25, 0.3) is 0 Å². The molecule has 0 fully saturated rings. The molecule has 0 aromatic heterocycles. The molecule has 0 aliphatic carbocycles. The van der Waals surface area contributed by atoms with E-state index < -0.39 is 16.4 Å². The van der Waals surface area contributed by atoms with Gasteiger partial charge in [0.1, 0.15) is 0 Å². The molecule has 0 bridgehead atoms. The van der Waals surface area contributed by atoms with Crippen LogP contribution >= 0.6 is 15.9 Å². The smallest absolute Gasteiger partial charge is 0.332 e. The molecule has 5 nitrogen and oxygen atoms in total. The summed E-state index contributed by atoms with van der Waals surface area (Å²) in [6, 6.07) is 6.42. The topological polar surface area (TPSA) is 63.5 Å². The van der Waals surface area contributed by atoms with Crippen LogP contribution in [0.1, 0.15) is 10.4 Å². The van der Waals surface area contributed by atoms with E-state index in [1.165, 1.54) is 11.1 Å². The molecule has 0 radical (unpaired) electrons. The van der Waals surface area contributed by atoms with Crippen LogP contribution in [0.4, 0.5) is 0 Å². The molecule has 0 aliphatic rings. The van der Waals surface area contributed by atoms with E-state index in [9.17, 15) is 14.9 Å². The fourth-order valence-electron chi connectivity index (χ4n) is 1.18. The third-order valence-corrected chi connectivity index (χ3v) is 2.44. The summed E-state index contributed by atoms with van der Waals surface area (Å²) in [6.45, 7) is 0. The highest BCUT2D eigenvalue weighted by Gasteiger charge is 2.23. The van der Waals surface area contributed by atoms with Crippen molar-refractivity contribution in [2.24, 2.45) is 0 Å². The molecule has 0 saturated carbocycles. The van der Waals surface area contributed by atoms with Crippen LogP contribution in [0.2, 0.25) is 0 Å². The van der Waals surface area contributed by atoms with Crippen molar-refractivity contribution in [1.82, 2.24) is 4.90 Å². The maximum absolute atomic E-state index is 11.9. The summed E-state index contributed by atoms with van der Waals surface area (Å²) in [6.07, 6.45) is 1.20. The summed E-state index contributed by atoms with van der Waals surface area (Å²) in [5.74, 6) is -0.601. The van der Waals surface area contributed by atoms with Crippen molar-refractivity contribution in [2.75, 3.05) is 14.1 Å². The SMILES string of the molecule is CN(C)/C=C(/C(=O)c1ccc(Br)cc1)[N+](=O)[O-]. The van der Waals surface area contributed by atoms with Gasteiger partial charge in [0.2, 0.25) is 0 Å². The van der Waals surface area contributed by atoms with Crippen molar-refractivity contribution in [3.8, 4) is 0 Å². The Morgan fingerprint density at radius 2 is 1.88 bits per heavy atom. The van der Waals surface area contributed by atoms with Gasteiger partial charge in [0.15, 0.2) is 0 Å². The van der Waals surface area contributed by atoms with Gasteiger partial charge in [-0.15, -0.1) is 0 Å². The average molecular weight is 299 g/mol. The van der Waals surface area contributed by atoms with Gasteiger partial charge in [-0.25, -0.2) is 0 Å². The Bertz CT molecular complexity index is 466. The first kappa shape index (κ1) is 13.4. The number of allylic oxidation sites excluding steroid dienone is 1. The zero-order valence-electron chi connectivity index (χ0n) is 9.38. The van der Waals surface area contributed by atoms with Gasteiger partial charge in [-0.1, -0.05) is 15.9 Å². The lowest BCUT2D eigenvalue weighted by atomic mass is 10.1. The highest BCUT2D eigenvalue weighted by Crippen LogP contribution is 2.14. The second-order valence-corrected chi connectivity index (χ2v) is 4.49. The van der Waals surface area contributed by atoms with Gasteiger partial charge >= 0.3 is 5.70 Å². The lowest BCUT2D eigenvalue weighted by Gasteiger charge is -2.05. The minimum absolute atomic E-state index is 0.290. The summed E-state index contributed by atoms with van der Waals surface area (Å²) < 4.78 is 0.813. The molecule has 0 amide bonds. The fraction of sp³-hybridized carbons (Fsp3) is 0.182. The molecule has 0 N–H and O–H groups in total. The summed E-state index contributed by atoms with van der Waals surface area (Å²) in [4.78, 5) is 23.5. The molecule has 1 aromatic rings. The lowest BCUT2D eigenvalue weighted by Crippen LogP contribution is -2.16. The van der Waals surface area contributed by atoms with E-state index in [0.717, 1.165) is 4.47 Å². The largest absolute Gasteiger partial charge is 0.378 e. The predicted octanol–water partition coefficient (Wildman–Crippen LogP) is 2.31. The van der Waals surface area contributed by atoms with Crippen LogP contribution in [0.15, 0.2) is 40.6 Å². The van der Waals surface area contributed by atoms with Gasteiger partial charge < -0.3 is 4.90 Å². The number of Topliss-reactive ketones (excluding diaryl/α,β-unsaturated/α-hetero) is 1. The quantitative estimate of drug-likeness (QED) is 0.370. The second kappa shape index (κ2) is 5.58. The van der Waals surface area contributed by atoms with Gasteiger partial charge in [-0.05, 0) is 24.3 Å². The van der Waals surface area contributed by atoms with Crippen molar-refractivity contribution < 1.29 is 9.72 Å². The highest BCUT2D eigenvalue weighted by molar-refractivity contribution is 9.10. The average Bonchev–Trinajstić information content (AvgIpc) is 2.25. The molecule has 0 spiro atoms. The summed E-state index contributed by atoms with van der Waals surface area (Å²) >= 11 is 3.23. The van der Waals surface area contributed by atoms with Gasteiger partial charge in [0.05, 0.1) is 11.1 Å². The van der Waals surface area contributed by atoms with Crippen LogP contribution in [-0.2, 0) is 0 Å². The molecule has 90 valence electrons. The van der Waals surface area contributed by atoms with E-state index in [1.807, 2.05) is 0 Å². The number of nitrogens with zero attached hydrogens (tertiary/aromatic N) is 2. The molecular formula is C11H11BrN2O3. The standard InChI is InChI=1S/C11H11BrN2O3/c1-13(2)7-10(14(16)17)11(15)8-3-5-9(12)6-4-8/h3-7H,1-2H3/b10-7-. The maximum Gasteiger partial charge on any atom is 0.332 e. The molecule has 0 heterocycles. The first-order valence-corrected chi connectivity index (χ1v) is 5.54. The number of hydrogen-bond acceptors (Lipinski definition) is 4. The van der Waals surface area contributed by atoms with Crippen LogP contribution in [0.3, 0.4) is 0 Å². The van der Waals surface area contributed by atoms with E-state index in [1.54, 1.807) is 38.4 Å². The van der Waals surface area contributed by atoms with Crippen molar-refractivity contribution >= 4 is 21.7 Å². The number of halogens is 1. The molecule has 0 atom stereocenters. The fourth-order valence-corrected chi connectivity index (χ4v) is 1.45. The number of benzene rings is 1. The number of ketones is 1. The Labute approximate surface area is 107 Å². The normalized spacial score (nSPS) is 11.1. The maximum atomic E-state index is 11.9. The first-order chi connectivity index (χ1) is 7.91. The Morgan fingerprint density at radius 3 is 2.29 bits per heavy atom. The Hall–Kier alpha value is -1.69. The van der Waals surface area contributed by atoms with Gasteiger partial charge in [0, 0.05) is 24.1 Å².